The first-order valence-electron chi connectivity index (χ1n) is 6.27. The van der Waals surface area contributed by atoms with Gasteiger partial charge in [-0.15, -0.1) is 0 Å². The maximum atomic E-state index is 11.5. The molecule has 1 aromatic rings. The zero-order valence-corrected chi connectivity index (χ0v) is 11.8. The first-order chi connectivity index (χ1) is 9.17. The Kier molecular flexibility index (Phi) is 6.92. The summed E-state index contributed by atoms with van der Waals surface area (Å²) in [5.74, 6) is 0.793. The highest BCUT2D eigenvalue weighted by Gasteiger charge is 2.04. The molecule has 0 radical (unpaired) electrons. The minimum atomic E-state index is -0.0383. The van der Waals surface area contributed by atoms with Gasteiger partial charge in [0, 0.05) is 25.8 Å². The van der Waals surface area contributed by atoms with Crippen molar-refractivity contribution >= 4 is 5.91 Å². The van der Waals surface area contributed by atoms with E-state index < -0.39 is 0 Å². The second-order valence-corrected chi connectivity index (χ2v) is 4.26. The third-order valence-corrected chi connectivity index (χ3v) is 2.67. The summed E-state index contributed by atoms with van der Waals surface area (Å²) in [7, 11) is 3.25. The number of ether oxygens (including phenoxy) is 2. The molecule has 5 nitrogen and oxygen atoms in total. The first kappa shape index (κ1) is 15.5. The molecule has 0 aliphatic heterocycles. The number of carbonyl (C=O) groups is 1. The van der Waals surface area contributed by atoms with Crippen molar-refractivity contribution in [2.45, 2.75) is 13.5 Å². The van der Waals surface area contributed by atoms with E-state index in [1.165, 1.54) is 5.56 Å². The molecule has 0 aromatic heterocycles. The highest BCUT2D eigenvalue weighted by molar-refractivity contribution is 5.77. The Labute approximate surface area is 114 Å². The topological polar surface area (TPSA) is 59.6 Å². The van der Waals surface area contributed by atoms with Gasteiger partial charge in [-0.25, -0.2) is 0 Å². The standard InChI is InChI=1S/C14H22N2O3/c1-11-4-5-13(19-3)12(8-11)9-15-10-14(17)16-6-7-18-2/h4-5,8,15H,6-7,9-10H2,1-3H3,(H,16,17). The highest BCUT2D eigenvalue weighted by atomic mass is 16.5. The number of hydrogen-bond acceptors (Lipinski definition) is 4. The van der Waals surface area contributed by atoms with E-state index in [4.69, 9.17) is 9.47 Å². The van der Waals surface area contributed by atoms with Crippen molar-refractivity contribution in [3.63, 3.8) is 0 Å². The molecule has 0 saturated carbocycles. The monoisotopic (exact) mass is 266 g/mol. The molecule has 0 aliphatic rings. The summed E-state index contributed by atoms with van der Waals surface area (Å²) in [5, 5.41) is 5.85. The molecule has 0 saturated heterocycles. The molecule has 0 bridgehead atoms. The molecule has 1 rings (SSSR count). The van der Waals surface area contributed by atoms with Gasteiger partial charge in [0.05, 0.1) is 20.3 Å². The predicted octanol–water partition coefficient (Wildman–Crippen LogP) is 0.856. The second kappa shape index (κ2) is 8.50. The molecule has 5 heteroatoms. The number of carbonyl (C=O) groups excluding carboxylic acids is 1. The van der Waals surface area contributed by atoms with E-state index in [1.54, 1.807) is 14.2 Å². The van der Waals surface area contributed by atoms with Crippen LogP contribution in [0.1, 0.15) is 11.1 Å². The van der Waals surface area contributed by atoms with Gasteiger partial charge in [-0.2, -0.15) is 0 Å². The van der Waals surface area contributed by atoms with Crippen LogP contribution in [-0.2, 0) is 16.1 Å². The van der Waals surface area contributed by atoms with E-state index in [9.17, 15) is 4.79 Å². The number of benzene rings is 1. The number of nitrogens with one attached hydrogen (secondary N) is 2. The molecule has 0 heterocycles. The lowest BCUT2D eigenvalue weighted by molar-refractivity contribution is -0.120. The Morgan fingerprint density at radius 3 is 2.79 bits per heavy atom. The van der Waals surface area contributed by atoms with Gasteiger partial charge >= 0.3 is 0 Å². The van der Waals surface area contributed by atoms with Crippen LogP contribution in [0.25, 0.3) is 0 Å². The van der Waals surface area contributed by atoms with Crippen molar-refractivity contribution < 1.29 is 14.3 Å². The summed E-state index contributed by atoms with van der Waals surface area (Å²) in [6.07, 6.45) is 0. The van der Waals surface area contributed by atoms with Crippen molar-refractivity contribution in [3.8, 4) is 5.75 Å². The fourth-order valence-corrected chi connectivity index (χ4v) is 1.71. The summed E-state index contributed by atoms with van der Waals surface area (Å²) < 4.78 is 10.1. The molecule has 2 N–H and O–H groups in total. The molecule has 0 fully saturated rings. The molecular formula is C14H22N2O3. The van der Waals surface area contributed by atoms with Crippen LogP contribution in [0.5, 0.6) is 5.75 Å². The van der Waals surface area contributed by atoms with E-state index in [0.717, 1.165) is 11.3 Å². The van der Waals surface area contributed by atoms with Crippen LogP contribution in [0.15, 0.2) is 18.2 Å². The fraction of sp³-hybridized carbons (Fsp3) is 0.500. The normalized spacial score (nSPS) is 10.3. The summed E-state index contributed by atoms with van der Waals surface area (Å²) >= 11 is 0. The third kappa shape index (κ3) is 5.72. The van der Waals surface area contributed by atoms with Gasteiger partial charge in [0.25, 0.3) is 0 Å². The van der Waals surface area contributed by atoms with E-state index in [2.05, 4.69) is 16.7 Å². The van der Waals surface area contributed by atoms with Gasteiger partial charge in [0.15, 0.2) is 0 Å². The Bertz CT molecular complexity index is 408. The molecule has 106 valence electrons. The molecular weight excluding hydrogens is 244 g/mol. The number of methoxy groups -OCH3 is 2. The van der Waals surface area contributed by atoms with Gasteiger partial charge in [0.2, 0.25) is 5.91 Å². The Hall–Kier alpha value is -1.59. The van der Waals surface area contributed by atoms with Gasteiger partial charge in [-0.3, -0.25) is 4.79 Å². The Balaban J connectivity index is 2.36. The van der Waals surface area contributed by atoms with E-state index in [-0.39, 0.29) is 12.5 Å². The van der Waals surface area contributed by atoms with Crippen LogP contribution in [0.3, 0.4) is 0 Å². The summed E-state index contributed by atoms with van der Waals surface area (Å²) in [6.45, 7) is 3.96. The molecule has 19 heavy (non-hydrogen) atoms. The largest absolute Gasteiger partial charge is 0.496 e. The smallest absolute Gasteiger partial charge is 0.234 e. The van der Waals surface area contributed by atoms with Crippen LogP contribution in [0, 0.1) is 6.92 Å². The predicted molar refractivity (Wildman–Crippen MR) is 74.3 cm³/mol. The van der Waals surface area contributed by atoms with Gasteiger partial charge in [-0.05, 0) is 13.0 Å². The minimum Gasteiger partial charge on any atom is -0.496 e. The number of amides is 1. The minimum absolute atomic E-state index is 0.0383. The first-order valence-corrected chi connectivity index (χ1v) is 6.27. The number of aryl methyl sites for hydroxylation is 1. The number of hydrogen-bond donors (Lipinski definition) is 2. The lowest BCUT2D eigenvalue weighted by Gasteiger charge is -2.10. The zero-order chi connectivity index (χ0) is 14.1. The van der Waals surface area contributed by atoms with E-state index in [1.807, 2.05) is 19.1 Å². The second-order valence-electron chi connectivity index (χ2n) is 4.26. The molecule has 0 atom stereocenters. The van der Waals surface area contributed by atoms with Crippen molar-refractivity contribution in [2.75, 3.05) is 33.9 Å². The third-order valence-electron chi connectivity index (χ3n) is 2.67. The number of rotatable bonds is 8. The van der Waals surface area contributed by atoms with Gasteiger partial charge in [-0.1, -0.05) is 17.7 Å². The van der Waals surface area contributed by atoms with Crippen LogP contribution in [0.4, 0.5) is 0 Å². The van der Waals surface area contributed by atoms with Crippen LogP contribution in [0.2, 0.25) is 0 Å². The molecule has 1 aromatic carbocycles. The van der Waals surface area contributed by atoms with Crippen molar-refractivity contribution in [3.05, 3.63) is 29.3 Å². The Morgan fingerprint density at radius 2 is 2.11 bits per heavy atom. The zero-order valence-electron chi connectivity index (χ0n) is 11.8. The molecule has 0 unspecified atom stereocenters. The van der Waals surface area contributed by atoms with Gasteiger partial charge < -0.3 is 20.1 Å². The quantitative estimate of drug-likeness (QED) is 0.685. The maximum Gasteiger partial charge on any atom is 0.234 e. The summed E-state index contributed by atoms with van der Waals surface area (Å²) in [4.78, 5) is 11.5. The fourth-order valence-electron chi connectivity index (χ4n) is 1.71. The van der Waals surface area contributed by atoms with Crippen molar-refractivity contribution in [1.82, 2.24) is 10.6 Å². The maximum absolute atomic E-state index is 11.5. The average molecular weight is 266 g/mol. The highest BCUT2D eigenvalue weighted by Crippen LogP contribution is 2.19. The van der Waals surface area contributed by atoms with Crippen molar-refractivity contribution in [1.29, 1.82) is 0 Å². The molecule has 0 aliphatic carbocycles. The van der Waals surface area contributed by atoms with E-state index >= 15 is 0 Å². The summed E-state index contributed by atoms with van der Waals surface area (Å²) in [6, 6.07) is 5.99. The van der Waals surface area contributed by atoms with Crippen LogP contribution < -0.4 is 15.4 Å². The van der Waals surface area contributed by atoms with Crippen LogP contribution in [-0.4, -0.2) is 39.8 Å². The van der Waals surface area contributed by atoms with Crippen LogP contribution >= 0.6 is 0 Å². The molecule has 1 amide bonds. The Morgan fingerprint density at radius 1 is 1.32 bits per heavy atom. The lowest BCUT2D eigenvalue weighted by atomic mass is 10.1. The van der Waals surface area contributed by atoms with Crippen molar-refractivity contribution in [2.24, 2.45) is 0 Å². The van der Waals surface area contributed by atoms with Gasteiger partial charge in [0.1, 0.15) is 5.75 Å². The molecule has 0 spiro atoms. The average Bonchev–Trinajstić information content (AvgIpc) is 2.39. The van der Waals surface area contributed by atoms with E-state index in [0.29, 0.717) is 19.7 Å². The summed E-state index contributed by atoms with van der Waals surface area (Å²) in [5.41, 5.74) is 2.22. The lowest BCUT2D eigenvalue weighted by Crippen LogP contribution is -2.35. The SMILES string of the molecule is COCCNC(=O)CNCc1cc(C)ccc1OC.